The molecule has 0 aromatic heterocycles. The summed E-state index contributed by atoms with van der Waals surface area (Å²) in [7, 11) is 0. The predicted octanol–water partition coefficient (Wildman–Crippen LogP) is 3.42. The Bertz CT molecular complexity index is 157. The summed E-state index contributed by atoms with van der Waals surface area (Å²) < 4.78 is 39.2. The first-order chi connectivity index (χ1) is 5.26. The summed E-state index contributed by atoms with van der Waals surface area (Å²) in [5.74, 6) is -3.15. The first-order valence-electron chi connectivity index (χ1n) is 4.33. The molecule has 0 amide bonds. The largest absolute Gasteiger partial charge is 0.281 e. The number of rotatable bonds is 1. The summed E-state index contributed by atoms with van der Waals surface area (Å²) in [4.78, 5) is 0. The van der Waals surface area contributed by atoms with Gasteiger partial charge in [-0.2, -0.15) is 0 Å². The highest BCUT2D eigenvalue weighted by Gasteiger charge is 2.58. The third-order valence-electron chi connectivity index (χ3n) is 2.87. The lowest BCUT2D eigenvalue weighted by atomic mass is 9.93. The molecule has 2 atom stereocenters. The fraction of sp³-hybridized carbons (Fsp3) is 1.00. The van der Waals surface area contributed by atoms with Crippen molar-refractivity contribution in [2.24, 2.45) is 11.8 Å². The van der Waals surface area contributed by atoms with Gasteiger partial charge in [0.1, 0.15) is 0 Å². The zero-order chi connectivity index (χ0) is 9.57. The molecular weight excluding hydrogens is 165 g/mol. The van der Waals surface area contributed by atoms with Gasteiger partial charge in [-0.1, -0.05) is 13.8 Å². The molecule has 12 heavy (non-hydrogen) atoms. The van der Waals surface area contributed by atoms with Crippen molar-refractivity contribution < 1.29 is 13.2 Å². The van der Waals surface area contributed by atoms with Gasteiger partial charge in [0.15, 0.2) is 5.67 Å². The topological polar surface area (TPSA) is 0 Å². The van der Waals surface area contributed by atoms with E-state index in [4.69, 9.17) is 0 Å². The highest BCUT2D eigenvalue weighted by atomic mass is 19.3. The zero-order valence-electron chi connectivity index (χ0n) is 7.70. The van der Waals surface area contributed by atoms with E-state index in [0.29, 0.717) is 0 Å². The maximum atomic E-state index is 13.2. The van der Waals surface area contributed by atoms with Crippen molar-refractivity contribution in [2.45, 2.75) is 45.2 Å². The summed E-state index contributed by atoms with van der Waals surface area (Å²) in [5, 5.41) is 0. The van der Waals surface area contributed by atoms with Gasteiger partial charge in [-0.25, -0.2) is 13.2 Å². The normalized spacial score (nSPS) is 40.8. The lowest BCUT2D eigenvalue weighted by molar-refractivity contribution is -0.105. The molecule has 2 unspecified atom stereocenters. The van der Waals surface area contributed by atoms with Crippen LogP contribution >= 0.6 is 0 Å². The van der Waals surface area contributed by atoms with Gasteiger partial charge in [0.25, 0.3) is 5.92 Å². The van der Waals surface area contributed by atoms with E-state index in [2.05, 4.69) is 0 Å². The van der Waals surface area contributed by atoms with Gasteiger partial charge in [0.05, 0.1) is 0 Å². The van der Waals surface area contributed by atoms with Crippen LogP contribution in [0.5, 0.6) is 0 Å². The van der Waals surface area contributed by atoms with Crippen molar-refractivity contribution in [1.29, 1.82) is 0 Å². The van der Waals surface area contributed by atoms with Gasteiger partial charge in [0.2, 0.25) is 0 Å². The monoisotopic (exact) mass is 180 g/mol. The molecule has 1 aliphatic rings. The Morgan fingerprint density at radius 3 is 1.83 bits per heavy atom. The fourth-order valence-corrected chi connectivity index (χ4v) is 1.73. The van der Waals surface area contributed by atoms with E-state index in [1.54, 1.807) is 0 Å². The summed E-state index contributed by atoms with van der Waals surface area (Å²) in [6.45, 7) is 4.74. The van der Waals surface area contributed by atoms with Gasteiger partial charge in [-0.15, -0.1) is 0 Å². The van der Waals surface area contributed by atoms with Crippen molar-refractivity contribution in [3.8, 4) is 0 Å². The highest BCUT2D eigenvalue weighted by molar-refractivity contribution is 5.00. The first-order valence-corrected chi connectivity index (χ1v) is 4.33. The third kappa shape index (κ3) is 1.46. The van der Waals surface area contributed by atoms with Gasteiger partial charge in [-0.3, -0.25) is 0 Å². The van der Waals surface area contributed by atoms with E-state index >= 15 is 0 Å². The van der Waals surface area contributed by atoms with Crippen molar-refractivity contribution >= 4 is 0 Å². The van der Waals surface area contributed by atoms with E-state index in [-0.39, 0.29) is 24.7 Å². The van der Waals surface area contributed by atoms with Crippen LogP contribution in [0.2, 0.25) is 0 Å². The molecule has 0 N–H and O–H groups in total. The summed E-state index contributed by atoms with van der Waals surface area (Å²) >= 11 is 0. The Balaban J connectivity index is 2.74. The Hall–Kier alpha value is -0.210. The molecule has 1 rings (SSSR count). The average Bonchev–Trinajstić information content (AvgIpc) is 2.03. The van der Waals surface area contributed by atoms with Gasteiger partial charge >= 0.3 is 0 Å². The number of hydrogen-bond donors (Lipinski definition) is 0. The molecule has 1 fully saturated rings. The van der Waals surface area contributed by atoms with Crippen molar-refractivity contribution in [2.75, 3.05) is 0 Å². The molecule has 0 aliphatic heterocycles. The second kappa shape index (κ2) is 2.64. The summed E-state index contributed by atoms with van der Waals surface area (Å²) in [5.41, 5.74) is -2.29. The molecule has 1 saturated carbocycles. The smallest absolute Gasteiger partial charge is 0.238 e. The minimum Gasteiger partial charge on any atom is -0.238 e. The minimum atomic E-state index is -3.12. The van der Waals surface area contributed by atoms with Crippen LogP contribution in [-0.4, -0.2) is 11.6 Å². The predicted molar refractivity (Wildman–Crippen MR) is 42.0 cm³/mol. The van der Waals surface area contributed by atoms with Crippen LogP contribution in [0.25, 0.3) is 0 Å². The average molecular weight is 180 g/mol. The van der Waals surface area contributed by atoms with E-state index in [1.807, 2.05) is 13.8 Å². The van der Waals surface area contributed by atoms with Crippen LogP contribution < -0.4 is 0 Å². The van der Waals surface area contributed by atoms with E-state index in [1.165, 1.54) is 0 Å². The maximum Gasteiger partial charge on any atom is 0.281 e. The van der Waals surface area contributed by atoms with Crippen LogP contribution in [0.1, 0.15) is 33.6 Å². The van der Waals surface area contributed by atoms with Crippen LogP contribution in [0.3, 0.4) is 0 Å². The second-order valence-electron chi connectivity index (χ2n) is 4.31. The van der Waals surface area contributed by atoms with Gasteiger partial charge in [0, 0.05) is 6.42 Å². The molecule has 1 aliphatic carbocycles. The standard InChI is InChI=1S/C9H15F3/c1-6(2)7-4-8(3,10)9(11,12)5-7/h6-7H,4-5H2,1-3H3. The number of halogens is 3. The molecule has 0 aromatic rings. The van der Waals surface area contributed by atoms with Gasteiger partial charge < -0.3 is 0 Å². The van der Waals surface area contributed by atoms with E-state index in [9.17, 15) is 13.2 Å². The molecular formula is C9H15F3. The minimum absolute atomic E-state index is 0.00231. The molecule has 0 spiro atoms. The molecule has 0 saturated heterocycles. The van der Waals surface area contributed by atoms with Crippen molar-refractivity contribution in [1.82, 2.24) is 0 Å². The molecule has 0 radical (unpaired) electrons. The van der Waals surface area contributed by atoms with Crippen LogP contribution in [0.4, 0.5) is 13.2 Å². The van der Waals surface area contributed by atoms with Gasteiger partial charge in [-0.05, 0) is 25.2 Å². The molecule has 0 bridgehead atoms. The van der Waals surface area contributed by atoms with Crippen molar-refractivity contribution in [3.05, 3.63) is 0 Å². The zero-order valence-corrected chi connectivity index (χ0v) is 7.70. The highest BCUT2D eigenvalue weighted by Crippen LogP contribution is 2.51. The molecule has 72 valence electrons. The van der Waals surface area contributed by atoms with Crippen LogP contribution in [-0.2, 0) is 0 Å². The lowest BCUT2D eigenvalue weighted by Crippen LogP contribution is -2.35. The second-order valence-corrected chi connectivity index (χ2v) is 4.31. The molecule has 0 aromatic carbocycles. The third-order valence-corrected chi connectivity index (χ3v) is 2.87. The van der Waals surface area contributed by atoms with Crippen LogP contribution in [0.15, 0.2) is 0 Å². The quantitative estimate of drug-likeness (QED) is 0.580. The SMILES string of the molecule is CC(C)C1CC(C)(F)C(F)(F)C1. The Kier molecular flexibility index (Phi) is 2.17. The Morgan fingerprint density at radius 2 is 1.67 bits per heavy atom. The molecule has 0 nitrogen and oxygen atoms in total. The lowest BCUT2D eigenvalue weighted by Gasteiger charge is -2.21. The Labute approximate surface area is 71.1 Å². The van der Waals surface area contributed by atoms with Crippen LogP contribution in [0, 0.1) is 11.8 Å². The number of hydrogen-bond acceptors (Lipinski definition) is 0. The summed E-state index contributed by atoms with van der Waals surface area (Å²) in [6, 6.07) is 0. The van der Waals surface area contributed by atoms with E-state index in [0.717, 1.165) is 6.92 Å². The first kappa shape index (κ1) is 9.87. The molecule has 0 heterocycles. The number of alkyl halides is 3. The fourth-order valence-electron chi connectivity index (χ4n) is 1.73. The summed E-state index contributed by atoms with van der Waals surface area (Å²) in [6.07, 6.45) is -0.296. The van der Waals surface area contributed by atoms with E-state index < -0.39 is 11.6 Å². The van der Waals surface area contributed by atoms with Crippen molar-refractivity contribution in [3.63, 3.8) is 0 Å². The Morgan fingerprint density at radius 1 is 1.17 bits per heavy atom. The maximum absolute atomic E-state index is 13.2. The molecule has 3 heteroatoms.